The van der Waals surface area contributed by atoms with Gasteiger partial charge in [-0.15, -0.1) is 0 Å². The number of hydrogen-bond donors (Lipinski definition) is 3. The van der Waals surface area contributed by atoms with Gasteiger partial charge in [-0.2, -0.15) is 0 Å². The second kappa shape index (κ2) is 19.6. The molecule has 1 saturated heterocycles. The Bertz CT molecular complexity index is 1660. The van der Waals surface area contributed by atoms with Gasteiger partial charge in [0.2, 0.25) is 0 Å². The van der Waals surface area contributed by atoms with Crippen LogP contribution in [-0.4, -0.2) is 141 Å². The maximum Gasteiger partial charge on any atom is 0.338 e. The first-order chi connectivity index (χ1) is 30.0. The van der Waals surface area contributed by atoms with Gasteiger partial charge in [-0.25, -0.2) is 4.79 Å². The smallest absolute Gasteiger partial charge is 0.338 e. The number of methoxy groups -OCH3 is 5. The average Bonchev–Trinajstić information content (AvgIpc) is 3.65. The lowest BCUT2D eigenvalue weighted by Gasteiger charge is -2.70. The minimum Gasteiger partial charge on any atom is -0.497 e. The molecule has 13 heteroatoms. The van der Waals surface area contributed by atoms with E-state index in [0.29, 0.717) is 31.7 Å². The third-order valence-electron chi connectivity index (χ3n) is 16.9. The van der Waals surface area contributed by atoms with Crippen LogP contribution in [0.25, 0.3) is 0 Å². The standard InChI is InChI=1S/C49H77NO12/c1-8-10-11-12-13-14-15-16-17-18-19-20-21-22-36(52)62-49-37-33(28-47(55,44(60-7)42(49)53)43(37)61-45(54)31-23-25-32(57-4)26-24-31)48-35(58-5)27-34(51)46(30-56-3)29-50(9-2)41(48)38(49)39(59-6)40(46)48/h23-26,33-35,37-44,51,53,55H,8-22,27-30H2,1-7H3/t33-,34-,35+,37-,38+,39+,40-,41?,42+,43-,44+,46+,47-,48+,49-/m1/s1. The van der Waals surface area contributed by atoms with Crippen molar-refractivity contribution >= 4 is 11.9 Å². The minimum atomic E-state index is -1.87. The third kappa shape index (κ3) is 7.44. The molecule has 1 aliphatic heterocycles. The Morgan fingerprint density at radius 3 is 1.97 bits per heavy atom. The zero-order chi connectivity index (χ0) is 44.5. The number of nitrogens with zero attached hydrogens (tertiary/aromatic N) is 1. The molecule has 3 N–H and O–H groups in total. The van der Waals surface area contributed by atoms with Gasteiger partial charge in [0, 0.05) is 82.5 Å². The van der Waals surface area contributed by atoms with Crippen LogP contribution in [0.15, 0.2) is 24.3 Å². The van der Waals surface area contributed by atoms with E-state index >= 15 is 0 Å². The van der Waals surface area contributed by atoms with Crippen LogP contribution in [0.1, 0.15) is 127 Å². The molecule has 6 fully saturated rings. The second-order valence-corrected chi connectivity index (χ2v) is 19.7. The molecule has 0 radical (unpaired) electrons. The number of likely N-dealkylation sites (tertiary alicyclic amines) is 1. The molecule has 62 heavy (non-hydrogen) atoms. The normalized spacial score (nSPS) is 40.1. The van der Waals surface area contributed by atoms with Gasteiger partial charge in [0.15, 0.2) is 5.60 Å². The maximum atomic E-state index is 14.6. The van der Waals surface area contributed by atoms with E-state index in [4.69, 9.17) is 33.2 Å². The molecule has 350 valence electrons. The number of carbonyl (C=O) groups is 2. The Balaban J connectivity index is 1.24. The van der Waals surface area contributed by atoms with E-state index in [9.17, 15) is 24.9 Å². The topological polar surface area (TPSA) is 163 Å². The molecule has 1 aromatic rings. The lowest BCUT2D eigenvalue weighted by atomic mass is 9.42. The summed E-state index contributed by atoms with van der Waals surface area (Å²) in [5.74, 6) is -3.04. The molecular formula is C49H77NO12. The highest BCUT2D eigenvalue weighted by molar-refractivity contribution is 5.89. The molecule has 7 rings (SSSR count). The fourth-order valence-corrected chi connectivity index (χ4v) is 14.8. The number of aliphatic hydroxyl groups excluding tert-OH is 2. The highest BCUT2D eigenvalue weighted by Crippen LogP contribution is 2.80. The van der Waals surface area contributed by atoms with E-state index in [1.807, 2.05) is 0 Å². The van der Waals surface area contributed by atoms with Crippen molar-refractivity contribution in [2.45, 2.75) is 170 Å². The molecule has 1 unspecified atom stereocenters. The lowest BCUT2D eigenvalue weighted by molar-refractivity contribution is -0.323. The van der Waals surface area contributed by atoms with Crippen LogP contribution in [-0.2, 0) is 33.2 Å². The zero-order valence-corrected chi connectivity index (χ0v) is 38.6. The van der Waals surface area contributed by atoms with Crippen molar-refractivity contribution in [2.75, 3.05) is 55.2 Å². The van der Waals surface area contributed by atoms with Crippen LogP contribution >= 0.6 is 0 Å². The van der Waals surface area contributed by atoms with E-state index in [1.54, 1.807) is 52.7 Å². The molecule has 1 heterocycles. The van der Waals surface area contributed by atoms with Gasteiger partial charge < -0.3 is 48.5 Å². The first-order valence-corrected chi connectivity index (χ1v) is 23.9. The van der Waals surface area contributed by atoms with E-state index in [2.05, 4.69) is 18.7 Å². The number of piperidine rings is 1. The number of rotatable bonds is 24. The Morgan fingerprint density at radius 1 is 0.790 bits per heavy atom. The van der Waals surface area contributed by atoms with E-state index in [-0.39, 0.29) is 31.1 Å². The molecule has 6 aliphatic rings. The number of fused-ring (bicyclic) bond motifs is 2. The summed E-state index contributed by atoms with van der Waals surface area (Å²) in [6, 6.07) is 6.21. The van der Waals surface area contributed by atoms with Crippen LogP contribution in [0, 0.1) is 34.5 Å². The highest BCUT2D eigenvalue weighted by Gasteiger charge is 2.92. The first-order valence-electron chi connectivity index (χ1n) is 23.9. The summed E-state index contributed by atoms with van der Waals surface area (Å²) >= 11 is 0. The molecule has 13 nitrogen and oxygen atoms in total. The van der Waals surface area contributed by atoms with Crippen molar-refractivity contribution in [3.63, 3.8) is 0 Å². The first kappa shape index (κ1) is 47.6. The van der Waals surface area contributed by atoms with Gasteiger partial charge in [-0.1, -0.05) is 90.9 Å². The fraction of sp³-hybridized carbons (Fsp3) is 0.837. The van der Waals surface area contributed by atoms with E-state index < -0.39 is 94.3 Å². The van der Waals surface area contributed by atoms with Crippen molar-refractivity contribution in [3.05, 3.63) is 29.8 Å². The second-order valence-electron chi connectivity index (χ2n) is 19.7. The Kier molecular flexibility index (Phi) is 15.1. The maximum absolute atomic E-state index is 14.6. The van der Waals surface area contributed by atoms with Crippen molar-refractivity contribution in [2.24, 2.45) is 34.5 Å². The fourth-order valence-electron chi connectivity index (χ4n) is 14.8. The van der Waals surface area contributed by atoms with Crippen LogP contribution < -0.4 is 4.74 Å². The largest absolute Gasteiger partial charge is 0.497 e. The van der Waals surface area contributed by atoms with Crippen LogP contribution in [0.3, 0.4) is 0 Å². The summed E-state index contributed by atoms with van der Waals surface area (Å²) in [5.41, 5.74) is -4.97. The Morgan fingerprint density at radius 2 is 1.42 bits per heavy atom. The number of esters is 2. The van der Waals surface area contributed by atoms with Crippen LogP contribution in [0.2, 0.25) is 0 Å². The lowest BCUT2D eigenvalue weighted by Crippen LogP contribution is -2.81. The van der Waals surface area contributed by atoms with E-state index in [0.717, 1.165) is 19.3 Å². The molecular weight excluding hydrogens is 795 g/mol. The number of carbonyl (C=O) groups excluding carboxylic acids is 2. The van der Waals surface area contributed by atoms with Gasteiger partial charge in [0.1, 0.15) is 29.7 Å². The van der Waals surface area contributed by atoms with Gasteiger partial charge >= 0.3 is 11.9 Å². The molecule has 0 aromatic heterocycles. The summed E-state index contributed by atoms with van der Waals surface area (Å²) in [4.78, 5) is 31.2. The Hall–Kier alpha value is -2.36. The summed E-state index contributed by atoms with van der Waals surface area (Å²) in [6.45, 7) is 5.64. The number of aliphatic hydroxyl groups is 3. The zero-order valence-electron chi connectivity index (χ0n) is 38.6. The van der Waals surface area contributed by atoms with Crippen LogP contribution in [0.5, 0.6) is 5.75 Å². The monoisotopic (exact) mass is 872 g/mol. The quantitative estimate of drug-likeness (QED) is 0.0806. The van der Waals surface area contributed by atoms with Crippen molar-refractivity contribution < 1.29 is 58.1 Å². The molecule has 1 aromatic carbocycles. The summed E-state index contributed by atoms with van der Waals surface area (Å²) in [6.07, 6.45) is 9.77. The predicted octanol–water partition coefficient (Wildman–Crippen LogP) is 6.12. The van der Waals surface area contributed by atoms with Crippen molar-refractivity contribution in [3.8, 4) is 5.75 Å². The molecule has 0 amide bonds. The number of ether oxygens (including phenoxy) is 7. The molecule has 5 saturated carbocycles. The van der Waals surface area contributed by atoms with E-state index in [1.165, 1.54) is 64.9 Å². The summed E-state index contributed by atoms with van der Waals surface area (Å²) in [7, 11) is 7.94. The minimum absolute atomic E-state index is 0.0681. The predicted molar refractivity (Wildman–Crippen MR) is 232 cm³/mol. The summed E-state index contributed by atoms with van der Waals surface area (Å²) < 4.78 is 44.1. The molecule has 7 bridgehead atoms. The van der Waals surface area contributed by atoms with Gasteiger partial charge in [0.25, 0.3) is 0 Å². The van der Waals surface area contributed by atoms with Crippen molar-refractivity contribution in [1.29, 1.82) is 0 Å². The Labute approximate surface area is 369 Å². The number of benzene rings is 1. The van der Waals surface area contributed by atoms with Gasteiger partial charge in [-0.05, 0) is 49.6 Å². The number of unbranched alkanes of at least 4 members (excludes halogenated alkanes) is 12. The average molecular weight is 872 g/mol. The van der Waals surface area contributed by atoms with Gasteiger partial charge in [-0.3, -0.25) is 9.69 Å². The summed E-state index contributed by atoms with van der Waals surface area (Å²) in [5, 5.41) is 38.5. The van der Waals surface area contributed by atoms with Crippen LogP contribution in [0.4, 0.5) is 0 Å². The number of hydrogen-bond acceptors (Lipinski definition) is 13. The molecule has 15 atom stereocenters. The van der Waals surface area contributed by atoms with Gasteiger partial charge in [0.05, 0.1) is 37.6 Å². The highest BCUT2D eigenvalue weighted by atomic mass is 16.6. The molecule has 1 spiro atoms. The molecule has 5 aliphatic carbocycles. The third-order valence-corrected chi connectivity index (χ3v) is 16.9. The SMILES string of the molecule is CCCCCCCCCCCCCCCC(=O)O[C@]12[C@H]3[C@@H](OC(=O)c4ccc(OC)cc4)[C@](O)(C[C@H]3[C@@]34C5[C@@H]1[C@H](OC)[C@@H]3[C@](COC)(CN5CC)[C@H](O)C[C@@H]4OC)[C@@H](OC)[C@@H]2O. The van der Waals surface area contributed by atoms with Crippen molar-refractivity contribution in [1.82, 2.24) is 4.90 Å².